The molecule has 33 heavy (non-hydrogen) atoms. The summed E-state index contributed by atoms with van der Waals surface area (Å²) in [5.41, 5.74) is 2.87. The maximum atomic E-state index is 13.4. The molecule has 0 radical (unpaired) electrons. The number of anilines is 1. The SMILES string of the molecule is COc1ccc2c(c1)N(C[C@H]1CC[C@H](NC(=O)c3cc(Cl)cnc3C)CC1)C(=O)C21CNC1. The monoisotopic (exact) mass is 468 g/mol. The van der Waals surface area contributed by atoms with Crippen LogP contribution in [0.2, 0.25) is 5.02 Å². The molecule has 3 aliphatic rings. The van der Waals surface area contributed by atoms with Crippen LogP contribution in [0.15, 0.2) is 30.5 Å². The third kappa shape index (κ3) is 3.87. The molecule has 1 aliphatic carbocycles. The number of benzene rings is 1. The highest BCUT2D eigenvalue weighted by Gasteiger charge is 2.55. The number of pyridine rings is 1. The van der Waals surface area contributed by atoms with Crippen LogP contribution < -0.4 is 20.3 Å². The Morgan fingerprint density at radius 3 is 2.70 bits per heavy atom. The normalized spacial score (nSPS) is 23.2. The number of hydrogen-bond donors (Lipinski definition) is 2. The van der Waals surface area contributed by atoms with Crippen LogP contribution in [0.5, 0.6) is 5.75 Å². The second-order valence-corrected chi connectivity index (χ2v) is 9.90. The van der Waals surface area contributed by atoms with Gasteiger partial charge in [0.1, 0.15) is 11.2 Å². The van der Waals surface area contributed by atoms with E-state index in [2.05, 4.69) is 15.6 Å². The van der Waals surface area contributed by atoms with Gasteiger partial charge in [-0.2, -0.15) is 0 Å². The Bertz CT molecular complexity index is 1090. The van der Waals surface area contributed by atoms with Gasteiger partial charge in [0.2, 0.25) is 5.91 Å². The van der Waals surface area contributed by atoms with Gasteiger partial charge >= 0.3 is 0 Å². The molecular formula is C25H29ClN4O3. The number of rotatable bonds is 5. The van der Waals surface area contributed by atoms with Gasteiger partial charge in [0, 0.05) is 37.9 Å². The second-order valence-electron chi connectivity index (χ2n) is 9.46. The van der Waals surface area contributed by atoms with Crippen LogP contribution in [0.3, 0.4) is 0 Å². The Hall–Kier alpha value is -2.64. The number of carbonyl (C=O) groups excluding carboxylic acids is 2. The number of amides is 2. The summed E-state index contributed by atoms with van der Waals surface area (Å²) in [6.45, 7) is 3.90. The summed E-state index contributed by atoms with van der Waals surface area (Å²) in [6, 6.07) is 7.77. The smallest absolute Gasteiger partial charge is 0.253 e. The molecule has 1 spiro atoms. The van der Waals surface area contributed by atoms with Gasteiger partial charge < -0.3 is 20.3 Å². The average molecular weight is 469 g/mol. The van der Waals surface area contributed by atoms with Crippen LogP contribution in [-0.2, 0) is 10.2 Å². The number of nitrogens with one attached hydrogen (secondary N) is 2. The summed E-state index contributed by atoms with van der Waals surface area (Å²) in [5, 5.41) is 6.89. The number of aryl methyl sites for hydroxylation is 1. The maximum absolute atomic E-state index is 13.4. The number of halogens is 1. The molecular weight excluding hydrogens is 440 g/mol. The Morgan fingerprint density at radius 2 is 2.03 bits per heavy atom. The first-order chi connectivity index (χ1) is 15.9. The minimum absolute atomic E-state index is 0.121. The topological polar surface area (TPSA) is 83.6 Å². The molecule has 8 heteroatoms. The fraction of sp³-hybridized carbons (Fsp3) is 0.480. The molecule has 0 unspecified atom stereocenters. The van der Waals surface area contributed by atoms with Crippen molar-refractivity contribution in [1.29, 1.82) is 0 Å². The molecule has 2 fully saturated rings. The zero-order chi connectivity index (χ0) is 23.2. The van der Waals surface area contributed by atoms with Crippen molar-refractivity contribution in [3.8, 4) is 5.75 Å². The number of aromatic nitrogens is 1. The minimum Gasteiger partial charge on any atom is -0.497 e. The van der Waals surface area contributed by atoms with E-state index in [1.54, 1.807) is 19.4 Å². The lowest BCUT2D eigenvalue weighted by molar-refractivity contribution is -0.125. The van der Waals surface area contributed by atoms with Gasteiger partial charge in [-0.05, 0) is 56.2 Å². The molecule has 5 rings (SSSR count). The standard InChI is InChI=1S/C25H29ClN4O3/c1-15-20(9-17(26)11-28-15)23(31)29-18-5-3-16(4-6-18)12-30-22-10-19(33-2)7-8-21(22)25(24(30)32)13-27-14-25/h7-11,16,18,27H,3-6,12-14H2,1-2H3,(H,29,31)/t16-,18-. The Kier molecular flexibility index (Phi) is 5.79. The number of nitrogens with zero attached hydrogens (tertiary/aromatic N) is 2. The third-order valence-electron chi connectivity index (χ3n) is 7.44. The van der Waals surface area contributed by atoms with Gasteiger partial charge in [-0.25, -0.2) is 0 Å². The summed E-state index contributed by atoms with van der Waals surface area (Å²) < 4.78 is 5.43. The zero-order valence-corrected chi connectivity index (χ0v) is 19.7. The number of fused-ring (bicyclic) bond motifs is 2. The van der Waals surface area contributed by atoms with Crippen LogP contribution in [0.4, 0.5) is 5.69 Å². The van der Waals surface area contributed by atoms with Crippen LogP contribution in [0, 0.1) is 12.8 Å². The predicted octanol–water partition coefficient (Wildman–Crippen LogP) is 3.23. The molecule has 2 N–H and O–H groups in total. The van der Waals surface area contributed by atoms with Gasteiger partial charge in [0.05, 0.1) is 29.1 Å². The van der Waals surface area contributed by atoms with E-state index in [-0.39, 0.29) is 17.9 Å². The summed E-state index contributed by atoms with van der Waals surface area (Å²) >= 11 is 6.02. The number of methoxy groups -OCH3 is 1. The van der Waals surface area contributed by atoms with Crippen molar-refractivity contribution < 1.29 is 14.3 Å². The van der Waals surface area contributed by atoms with E-state index in [0.717, 1.165) is 42.7 Å². The zero-order valence-electron chi connectivity index (χ0n) is 19.0. The van der Waals surface area contributed by atoms with Gasteiger partial charge in [0.25, 0.3) is 5.91 Å². The minimum atomic E-state index is -0.421. The van der Waals surface area contributed by atoms with Crippen molar-refractivity contribution in [2.24, 2.45) is 5.92 Å². The molecule has 0 bridgehead atoms. The van der Waals surface area contributed by atoms with Crippen molar-refractivity contribution in [2.45, 2.75) is 44.1 Å². The number of hydrogen-bond acceptors (Lipinski definition) is 5. The molecule has 0 atom stereocenters. The van der Waals surface area contributed by atoms with Gasteiger partial charge in [0.15, 0.2) is 0 Å². The Balaban J connectivity index is 1.23. The molecule has 1 saturated carbocycles. The highest BCUT2D eigenvalue weighted by atomic mass is 35.5. The molecule has 2 amide bonds. The molecule has 3 heterocycles. The summed E-state index contributed by atoms with van der Waals surface area (Å²) in [5.74, 6) is 1.25. The lowest BCUT2D eigenvalue weighted by atomic mass is 9.76. The molecule has 174 valence electrons. The number of ether oxygens (including phenoxy) is 1. The van der Waals surface area contributed by atoms with E-state index in [0.29, 0.717) is 41.8 Å². The molecule has 2 aromatic rings. The highest BCUT2D eigenvalue weighted by Crippen LogP contribution is 2.46. The van der Waals surface area contributed by atoms with Crippen LogP contribution >= 0.6 is 11.6 Å². The molecule has 1 aromatic heterocycles. The van der Waals surface area contributed by atoms with Crippen molar-refractivity contribution >= 4 is 29.1 Å². The van der Waals surface area contributed by atoms with Gasteiger partial charge in [-0.1, -0.05) is 17.7 Å². The first kappa shape index (κ1) is 22.2. The largest absolute Gasteiger partial charge is 0.497 e. The first-order valence-electron chi connectivity index (χ1n) is 11.6. The third-order valence-corrected chi connectivity index (χ3v) is 7.65. The van der Waals surface area contributed by atoms with Gasteiger partial charge in [-0.3, -0.25) is 14.6 Å². The fourth-order valence-electron chi connectivity index (χ4n) is 5.40. The fourth-order valence-corrected chi connectivity index (χ4v) is 5.55. The average Bonchev–Trinajstić information content (AvgIpc) is 3.04. The molecule has 7 nitrogen and oxygen atoms in total. The van der Waals surface area contributed by atoms with Crippen molar-refractivity contribution in [3.05, 3.63) is 52.3 Å². The van der Waals surface area contributed by atoms with Crippen LogP contribution in [-0.4, -0.2) is 49.6 Å². The van der Waals surface area contributed by atoms with E-state index < -0.39 is 5.41 Å². The quantitative estimate of drug-likeness (QED) is 0.704. The molecule has 1 aromatic carbocycles. The lowest BCUT2D eigenvalue weighted by Gasteiger charge is -2.38. The Labute approximate surface area is 198 Å². The maximum Gasteiger partial charge on any atom is 0.253 e. The predicted molar refractivity (Wildman–Crippen MR) is 127 cm³/mol. The molecule has 1 saturated heterocycles. The molecule has 2 aliphatic heterocycles. The highest BCUT2D eigenvalue weighted by molar-refractivity contribution is 6.30. The van der Waals surface area contributed by atoms with E-state index in [1.165, 1.54) is 0 Å². The van der Waals surface area contributed by atoms with Crippen molar-refractivity contribution in [1.82, 2.24) is 15.6 Å². The van der Waals surface area contributed by atoms with Gasteiger partial charge in [-0.15, -0.1) is 0 Å². The van der Waals surface area contributed by atoms with Crippen LogP contribution in [0.1, 0.15) is 47.3 Å². The number of carbonyl (C=O) groups is 2. The summed E-state index contributed by atoms with van der Waals surface area (Å²) in [4.78, 5) is 32.3. The van der Waals surface area contributed by atoms with Crippen molar-refractivity contribution in [2.75, 3.05) is 31.6 Å². The summed E-state index contributed by atoms with van der Waals surface area (Å²) in [6.07, 6.45) is 5.26. The van der Waals surface area contributed by atoms with E-state index >= 15 is 0 Å². The second kappa shape index (κ2) is 8.61. The first-order valence-corrected chi connectivity index (χ1v) is 11.9. The van der Waals surface area contributed by atoms with Crippen molar-refractivity contribution in [3.63, 3.8) is 0 Å². The van der Waals surface area contributed by atoms with E-state index in [4.69, 9.17) is 16.3 Å². The van der Waals surface area contributed by atoms with Crippen LogP contribution in [0.25, 0.3) is 0 Å². The lowest BCUT2D eigenvalue weighted by Crippen LogP contribution is -2.62. The van der Waals surface area contributed by atoms with E-state index in [1.807, 2.05) is 30.0 Å². The summed E-state index contributed by atoms with van der Waals surface area (Å²) in [7, 11) is 1.65. The Morgan fingerprint density at radius 1 is 1.27 bits per heavy atom. The van der Waals surface area contributed by atoms with E-state index in [9.17, 15) is 9.59 Å².